The second-order valence-corrected chi connectivity index (χ2v) is 8.12. The van der Waals surface area contributed by atoms with Gasteiger partial charge in [-0.05, 0) is 13.0 Å². The van der Waals surface area contributed by atoms with Crippen molar-refractivity contribution in [2.75, 3.05) is 17.2 Å². The molecule has 124 valence electrons. The summed E-state index contributed by atoms with van der Waals surface area (Å²) < 4.78 is 22.3. The summed E-state index contributed by atoms with van der Waals surface area (Å²) >= 11 is 0. The summed E-state index contributed by atoms with van der Waals surface area (Å²) in [6.07, 6.45) is -0.0136. The van der Waals surface area contributed by atoms with Crippen LogP contribution < -0.4 is 4.90 Å². The van der Waals surface area contributed by atoms with E-state index in [9.17, 15) is 28.1 Å². The van der Waals surface area contributed by atoms with Gasteiger partial charge < -0.3 is 4.90 Å². The van der Waals surface area contributed by atoms with Gasteiger partial charge in [0.05, 0.1) is 16.4 Å². The highest BCUT2D eigenvalue weighted by atomic mass is 35.7. The highest BCUT2D eigenvalue weighted by Crippen LogP contribution is 2.31. The number of carbonyl (C=O) groups excluding carboxylic acids is 2. The van der Waals surface area contributed by atoms with Crippen LogP contribution in [0.4, 0.5) is 11.4 Å². The Bertz CT molecular complexity index is 792. The minimum Gasteiger partial charge on any atom is -0.311 e. The Kier molecular flexibility index (Phi) is 4.71. The Hall–Kier alpha value is -2.00. The van der Waals surface area contributed by atoms with Gasteiger partial charge in [-0.1, -0.05) is 0 Å². The summed E-state index contributed by atoms with van der Waals surface area (Å²) in [7, 11) is 1.46. The molecule has 8 nitrogen and oxygen atoms in total. The van der Waals surface area contributed by atoms with Crippen LogP contribution in [-0.4, -0.2) is 37.3 Å². The summed E-state index contributed by atoms with van der Waals surface area (Å²) in [5.74, 6) is -1.62. The fourth-order valence-corrected chi connectivity index (χ4v) is 3.88. The first-order valence-electron chi connectivity index (χ1n) is 6.60. The van der Waals surface area contributed by atoms with Crippen molar-refractivity contribution in [2.45, 2.75) is 13.3 Å². The molecule has 0 N–H and O–H groups in total. The lowest BCUT2D eigenvalue weighted by atomic mass is 10.1. The molecular weight excluding hydrogens is 348 g/mol. The molecule has 1 aromatic rings. The van der Waals surface area contributed by atoms with E-state index in [1.54, 1.807) is 0 Å². The standard InChI is InChI=1S/C13H13ClN2O6S/c1-8(17)11-5-10(16(19)20)2-3-12(11)15-6-9(4-13(15)18)7-23(14,21)22/h2-3,5,9H,4,6-7H2,1H3. The maximum Gasteiger partial charge on any atom is 0.270 e. The van der Waals surface area contributed by atoms with E-state index in [1.165, 1.54) is 24.0 Å². The van der Waals surface area contributed by atoms with Gasteiger partial charge in [-0.15, -0.1) is 0 Å². The van der Waals surface area contributed by atoms with Crippen LogP contribution in [0.5, 0.6) is 0 Å². The quantitative estimate of drug-likeness (QED) is 0.342. The number of rotatable bonds is 5. The number of halogens is 1. The third-order valence-corrected chi connectivity index (χ3v) is 4.75. The van der Waals surface area contributed by atoms with Gasteiger partial charge >= 0.3 is 0 Å². The minimum absolute atomic E-state index is 0.0136. The number of nitro benzene ring substituents is 1. The van der Waals surface area contributed by atoms with Crippen molar-refractivity contribution in [3.8, 4) is 0 Å². The van der Waals surface area contributed by atoms with Crippen molar-refractivity contribution in [1.29, 1.82) is 0 Å². The number of hydrogen-bond acceptors (Lipinski definition) is 6. The molecule has 0 bridgehead atoms. The number of amides is 1. The minimum atomic E-state index is -3.74. The van der Waals surface area contributed by atoms with E-state index in [2.05, 4.69) is 0 Å². The van der Waals surface area contributed by atoms with E-state index in [0.717, 1.165) is 6.07 Å². The topological polar surface area (TPSA) is 115 Å². The first-order chi connectivity index (χ1) is 10.6. The van der Waals surface area contributed by atoms with Crippen LogP contribution in [0.3, 0.4) is 0 Å². The molecule has 2 rings (SSSR count). The Balaban J connectivity index is 2.36. The average Bonchev–Trinajstić information content (AvgIpc) is 2.76. The van der Waals surface area contributed by atoms with Crippen LogP contribution >= 0.6 is 10.7 Å². The van der Waals surface area contributed by atoms with Gasteiger partial charge in [-0.3, -0.25) is 19.7 Å². The zero-order valence-electron chi connectivity index (χ0n) is 12.1. The average molecular weight is 361 g/mol. The number of ketones is 1. The van der Waals surface area contributed by atoms with E-state index in [1.807, 2.05) is 0 Å². The number of nitrogens with zero attached hydrogens (tertiary/aromatic N) is 2. The molecule has 0 saturated carbocycles. The first kappa shape index (κ1) is 17.4. The third-order valence-electron chi connectivity index (χ3n) is 3.50. The van der Waals surface area contributed by atoms with Gasteiger partial charge in [0.1, 0.15) is 0 Å². The molecule has 1 aromatic carbocycles. The number of anilines is 1. The van der Waals surface area contributed by atoms with Gasteiger partial charge in [-0.25, -0.2) is 8.42 Å². The highest BCUT2D eigenvalue weighted by Gasteiger charge is 2.35. The third kappa shape index (κ3) is 4.05. The summed E-state index contributed by atoms with van der Waals surface area (Å²) in [4.78, 5) is 35.3. The second-order valence-electron chi connectivity index (χ2n) is 5.29. The highest BCUT2D eigenvalue weighted by molar-refractivity contribution is 8.13. The lowest BCUT2D eigenvalue weighted by Gasteiger charge is -2.19. The van der Waals surface area contributed by atoms with Crippen molar-refractivity contribution in [3.05, 3.63) is 33.9 Å². The number of hydrogen-bond donors (Lipinski definition) is 0. The Morgan fingerprint density at radius 1 is 1.48 bits per heavy atom. The van der Waals surface area contributed by atoms with Crippen molar-refractivity contribution >= 4 is 42.8 Å². The molecule has 1 atom stereocenters. The van der Waals surface area contributed by atoms with Crippen molar-refractivity contribution in [3.63, 3.8) is 0 Å². The Morgan fingerprint density at radius 2 is 2.13 bits per heavy atom. The lowest BCUT2D eigenvalue weighted by Crippen LogP contribution is -2.27. The molecule has 1 saturated heterocycles. The molecule has 23 heavy (non-hydrogen) atoms. The molecule has 0 radical (unpaired) electrons. The molecule has 1 amide bonds. The van der Waals surface area contributed by atoms with Crippen LogP contribution in [-0.2, 0) is 13.8 Å². The molecule has 0 aromatic heterocycles. The molecule has 1 unspecified atom stereocenters. The molecule has 1 heterocycles. The number of non-ortho nitro benzene ring substituents is 1. The fourth-order valence-electron chi connectivity index (χ4n) is 2.56. The van der Waals surface area contributed by atoms with Crippen LogP contribution in [0.1, 0.15) is 23.7 Å². The maximum absolute atomic E-state index is 12.1. The smallest absolute Gasteiger partial charge is 0.270 e. The molecule has 10 heteroatoms. The van der Waals surface area contributed by atoms with E-state index >= 15 is 0 Å². The van der Waals surface area contributed by atoms with Crippen LogP contribution in [0, 0.1) is 16.0 Å². The predicted octanol–water partition coefficient (Wildman–Crippen LogP) is 1.72. The number of Topliss-reactive ketones (excluding diaryl/α,β-unsaturated/α-hetero) is 1. The molecule has 1 aliphatic heterocycles. The normalized spacial score (nSPS) is 18.3. The maximum atomic E-state index is 12.1. The van der Waals surface area contributed by atoms with Gasteiger partial charge in [0.2, 0.25) is 15.0 Å². The van der Waals surface area contributed by atoms with Crippen molar-refractivity contribution in [2.24, 2.45) is 5.92 Å². The summed E-state index contributed by atoms with van der Waals surface area (Å²) in [5.41, 5.74) is 0.0231. The van der Waals surface area contributed by atoms with Crippen molar-refractivity contribution < 1.29 is 22.9 Å². The summed E-state index contributed by atoms with van der Waals surface area (Å²) in [6, 6.07) is 3.63. The van der Waals surface area contributed by atoms with Crippen LogP contribution in [0.25, 0.3) is 0 Å². The molecule has 1 fully saturated rings. The monoisotopic (exact) mass is 360 g/mol. The van der Waals surface area contributed by atoms with E-state index < -0.39 is 25.7 Å². The molecule has 0 aliphatic carbocycles. The number of nitro groups is 1. The summed E-state index contributed by atoms with van der Waals surface area (Å²) in [5, 5.41) is 10.8. The van der Waals surface area contributed by atoms with E-state index in [4.69, 9.17) is 10.7 Å². The van der Waals surface area contributed by atoms with E-state index in [-0.39, 0.29) is 41.6 Å². The number of benzene rings is 1. The zero-order chi connectivity index (χ0) is 17.4. The van der Waals surface area contributed by atoms with Crippen LogP contribution in [0.15, 0.2) is 18.2 Å². The van der Waals surface area contributed by atoms with Gasteiger partial charge in [0.25, 0.3) is 5.69 Å². The SMILES string of the molecule is CC(=O)c1cc([N+](=O)[O-])ccc1N1CC(CS(=O)(=O)Cl)CC1=O. The predicted molar refractivity (Wildman–Crippen MR) is 83.2 cm³/mol. The first-order valence-corrected chi connectivity index (χ1v) is 9.08. The summed E-state index contributed by atoms with van der Waals surface area (Å²) in [6.45, 7) is 1.33. The second kappa shape index (κ2) is 6.25. The molecule has 0 spiro atoms. The lowest BCUT2D eigenvalue weighted by molar-refractivity contribution is -0.384. The van der Waals surface area contributed by atoms with Crippen molar-refractivity contribution in [1.82, 2.24) is 0 Å². The van der Waals surface area contributed by atoms with Gasteiger partial charge in [-0.2, -0.15) is 0 Å². The number of carbonyl (C=O) groups is 2. The zero-order valence-corrected chi connectivity index (χ0v) is 13.6. The van der Waals surface area contributed by atoms with Crippen LogP contribution in [0.2, 0.25) is 0 Å². The Labute approximate surface area is 136 Å². The molecule has 1 aliphatic rings. The molecular formula is C13H13ClN2O6S. The fraction of sp³-hybridized carbons (Fsp3) is 0.385. The van der Waals surface area contributed by atoms with E-state index in [0.29, 0.717) is 0 Å². The Morgan fingerprint density at radius 3 is 2.65 bits per heavy atom. The largest absolute Gasteiger partial charge is 0.311 e. The van der Waals surface area contributed by atoms with Gasteiger partial charge in [0, 0.05) is 47.3 Å². The van der Waals surface area contributed by atoms with Gasteiger partial charge in [0.15, 0.2) is 5.78 Å².